The average Bonchev–Trinajstić information content (AvgIpc) is 2.71. The molecule has 1 aromatic heterocycles. The largest absolute Gasteiger partial charge is 0.444 e. The summed E-state index contributed by atoms with van der Waals surface area (Å²) in [6.07, 6.45) is 0. The highest BCUT2D eigenvalue weighted by Gasteiger charge is 2.19. The van der Waals surface area contributed by atoms with E-state index in [-0.39, 0.29) is 11.8 Å². The normalized spacial score (nSPS) is 11.9. The molecular formula is C11H13BrN2O2. The fourth-order valence-corrected chi connectivity index (χ4v) is 1.62. The van der Waals surface area contributed by atoms with Crippen molar-refractivity contribution < 1.29 is 9.21 Å². The van der Waals surface area contributed by atoms with Gasteiger partial charge in [0, 0.05) is 13.1 Å². The molecule has 0 fully saturated rings. The van der Waals surface area contributed by atoms with E-state index in [1.165, 1.54) is 0 Å². The summed E-state index contributed by atoms with van der Waals surface area (Å²) in [5.41, 5.74) is 0. The first kappa shape index (κ1) is 12.8. The van der Waals surface area contributed by atoms with Crippen molar-refractivity contribution in [3.8, 4) is 6.07 Å². The number of carbonyl (C=O) groups is 1. The summed E-state index contributed by atoms with van der Waals surface area (Å²) in [6, 6.07) is 5.40. The molecule has 0 aliphatic rings. The summed E-state index contributed by atoms with van der Waals surface area (Å²) in [4.78, 5) is 13.5. The van der Waals surface area contributed by atoms with E-state index >= 15 is 0 Å². The predicted octanol–water partition coefficient (Wildman–Crippen LogP) is 2.66. The van der Waals surface area contributed by atoms with Crippen LogP contribution in [0.2, 0.25) is 0 Å². The molecule has 0 radical (unpaired) electrons. The third kappa shape index (κ3) is 3.11. The maximum atomic E-state index is 11.9. The molecule has 0 unspecified atom stereocenters. The first-order chi connectivity index (χ1) is 7.58. The van der Waals surface area contributed by atoms with E-state index < -0.39 is 0 Å². The molecule has 1 atom stereocenters. The molecule has 86 valence electrons. The van der Waals surface area contributed by atoms with E-state index in [0.29, 0.717) is 23.5 Å². The van der Waals surface area contributed by atoms with Gasteiger partial charge in [-0.05, 0) is 41.9 Å². The molecule has 1 aromatic rings. The lowest BCUT2D eigenvalue weighted by atomic mass is 10.2. The van der Waals surface area contributed by atoms with Crippen molar-refractivity contribution in [2.45, 2.75) is 13.8 Å². The summed E-state index contributed by atoms with van der Waals surface area (Å²) < 4.78 is 5.71. The fraction of sp³-hybridized carbons (Fsp3) is 0.455. The molecule has 1 amide bonds. The minimum atomic E-state index is -0.185. The summed E-state index contributed by atoms with van der Waals surface area (Å²) in [5.74, 6) is -0.0727. The van der Waals surface area contributed by atoms with Crippen LogP contribution in [0, 0.1) is 17.2 Å². The van der Waals surface area contributed by atoms with Crippen LogP contribution in [-0.4, -0.2) is 23.9 Å². The second-order valence-corrected chi connectivity index (χ2v) is 4.26. The molecule has 4 nitrogen and oxygen atoms in total. The van der Waals surface area contributed by atoms with E-state index in [1.807, 2.05) is 6.92 Å². The summed E-state index contributed by atoms with van der Waals surface area (Å²) >= 11 is 3.15. The molecule has 1 rings (SSSR count). The van der Waals surface area contributed by atoms with Gasteiger partial charge in [0.1, 0.15) is 0 Å². The highest BCUT2D eigenvalue weighted by atomic mass is 79.9. The minimum Gasteiger partial charge on any atom is -0.444 e. The molecule has 0 aromatic carbocycles. The predicted molar refractivity (Wildman–Crippen MR) is 62.8 cm³/mol. The Labute approximate surface area is 103 Å². The average molecular weight is 285 g/mol. The highest BCUT2D eigenvalue weighted by molar-refractivity contribution is 9.10. The Balaban J connectivity index is 2.74. The molecule has 0 aliphatic heterocycles. The number of hydrogen-bond acceptors (Lipinski definition) is 3. The number of furan rings is 1. The monoisotopic (exact) mass is 284 g/mol. The third-order valence-electron chi connectivity index (χ3n) is 2.17. The SMILES string of the molecule is CCN(C[C@@H](C)C#N)C(=O)c1ccc(Br)o1. The van der Waals surface area contributed by atoms with Crippen LogP contribution in [0.25, 0.3) is 0 Å². The molecule has 0 bridgehead atoms. The van der Waals surface area contributed by atoms with Crippen LogP contribution in [0.3, 0.4) is 0 Å². The first-order valence-electron chi connectivity index (χ1n) is 5.02. The fourth-order valence-electron chi connectivity index (χ4n) is 1.31. The molecule has 16 heavy (non-hydrogen) atoms. The molecule has 0 N–H and O–H groups in total. The summed E-state index contributed by atoms with van der Waals surface area (Å²) in [7, 11) is 0. The first-order valence-corrected chi connectivity index (χ1v) is 5.82. The van der Waals surface area contributed by atoms with Crippen molar-refractivity contribution in [3.05, 3.63) is 22.6 Å². The van der Waals surface area contributed by atoms with Crippen LogP contribution in [0.15, 0.2) is 21.2 Å². The number of hydrogen-bond donors (Lipinski definition) is 0. The van der Waals surface area contributed by atoms with Gasteiger partial charge < -0.3 is 9.32 Å². The molecule has 0 aliphatic carbocycles. The second-order valence-electron chi connectivity index (χ2n) is 3.48. The van der Waals surface area contributed by atoms with Crippen LogP contribution < -0.4 is 0 Å². The van der Waals surface area contributed by atoms with Crippen molar-refractivity contribution in [1.82, 2.24) is 4.90 Å². The number of rotatable bonds is 4. The van der Waals surface area contributed by atoms with E-state index in [2.05, 4.69) is 22.0 Å². The van der Waals surface area contributed by atoms with E-state index in [4.69, 9.17) is 9.68 Å². The summed E-state index contributed by atoms with van der Waals surface area (Å²) in [6.45, 7) is 4.64. The molecule has 0 spiro atoms. The van der Waals surface area contributed by atoms with Gasteiger partial charge in [-0.1, -0.05) is 0 Å². The highest BCUT2D eigenvalue weighted by Crippen LogP contribution is 2.16. The van der Waals surface area contributed by atoms with Crippen LogP contribution in [-0.2, 0) is 0 Å². The van der Waals surface area contributed by atoms with E-state index in [9.17, 15) is 4.79 Å². The maximum absolute atomic E-state index is 11.9. The van der Waals surface area contributed by atoms with Gasteiger partial charge in [0.05, 0.1) is 12.0 Å². The van der Waals surface area contributed by atoms with Crippen LogP contribution in [0.4, 0.5) is 0 Å². The number of carbonyl (C=O) groups excluding carboxylic acids is 1. The Bertz CT molecular complexity index is 408. The molecular weight excluding hydrogens is 272 g/mol. The number of amides is 1. The van der Waals surface area contributed by atoms with Gasteiger partial charge in [0.15, 0.2) is 10.4 Å². The zero-order chi connectivity index (χ0) is 12.1. The van der Waals surface area contributed by atoms with Gasteiger partial charge in [-0.25, -0.2) is 0 Å². The van der Waals surface area contributed by atoms with Crippen LogP contribution >= 0.6 is 15.9 Å². The van der Waals surface area contributed by atoms with Gasteiger partial charge in [0.2, 0.25) is 0 Å². The molecule has 1 heterocycles. The van der Waals surface area contributed by atoms with Crippen molar-refractivity contribution in [3.63, 3.8) is 0 Å². The van der Waals surface area contributed by atoms with Crippen molar-refractivity contribution >= 4 is 21.8 Å². The molecule has 0 saturated carbocycles. The van der Waals surface area contributed by atoms with Crippen molar-refractivity contribution in [2.24, 2.45) is 5.92 Å². The maximum Gasteiger partial charge on any atom is 0.289 e. The second kappa shape index (κ2) is 5.71. The smallest absolute Gasteiger partial charge is 0.289 e. The molecule has 5 heteroatoms. The standard InChI is InChI=1S/C11H13BrN2O2/c1-3-14(7-8(2)6-13)11(15)9-4-5-10(12)16-9/h4-5,8H,3,7H2,1-2H3/t8-/m0/s1. The van der Waals surface area contributed by atoms with E-state index in [0.717, 1.165) is 0 Å². The quantitative estimate of drug-likeness (QED) is 0.854. The zero-order valence-electron chi connectivity index (χ0n) is 9.24. The van der Waals surface area contributed by atoms with Crippen LogP contribution in [0.1, 0.15) is 24.4 Å². The number of halogens is 1. The lowest BCUT2D eigenvalue weighted by Crippen LogP contribution is -2.34. The minimum absolute atomic E-state index is 0.178. The Morgan fingerprint density at radius 2 is 2.38 bits per heavy atom. The van der Waals surface area contributed by atoms with E-state index in [1.54, 1.807) is 24.0 Å². The number of nitrogens with zero attached hydrogens (tertiary/aromatic N) is 2. The van der Waals surface area contributed by atoms with Gasteiger partial charge >= 0.3 is 0 Å². The number of nitriles is 1. The summed E-state index contributed by atoms with van der Waals surface area (Å²) in [5, 5.41) is 8.72. The van der Waals surface area contributed by atoms with Gasteiger partial charge in [-0.3, -0.25) is 4.79 Å². The van der Waals surface area contributed by atoms with Crippen molar-refractivity contribution in [2.75, 3.05) is 13.1 Å². The zero-order valence-corrected chi connectivity index (χ0v) is 10.8. The topological polar surface area (TPSA) is 57.2 Å². The van der Waals surface area contributed by atoms with Gasteiger partial charge in [-0.15, -0.1) is 0 Å². The Hall–Kier alpha value is -1.28. The van der Waals surface area contributed by atoms with Gasteiger partial charge in [-0.2, -0.15) is 5.26 Å². The van der Waals surface area contributed by atoms with Crippen molar-refractivity contribution in [1.29, 1.82) is 5.26 Å². The Morgan fingerprint density at radius 3 is 2.81 bits per heavy atom. The Kier molecular flexibility index (Phi) is 4.56. The molecule has 0 saturated heterocycles. The van der Waals surface area contributed by atoms with Gasteiger partial charge in [0.25, 0.3) is 5.91 Å². The lowest BCUT2D eigenvalue weighted by molar-refractivity contribution is 0.0719. The third-order valence-corrected chi connectivity index (χ3v) is 2.59. The van der Waals surface area contributed by atoms with Crippen LogP contribution in [0.5, 0.6) is 0 Å². The lowest BCUT2D eigenvalue weighted by Gasteiger charge is -2.20. The Morgan fingerprint density at radius 1 is 1.69 bits per heavy atom.